The Morgan fingerprint density at radius 3 is 2.89 bits per heavy atom. The van der Waals surface area contributed by atoms with Gasteiger partial charge in [-0.25, -0.2) is 9.18 Å². The van der Waals surface area contributed by atoms with E-state index >= 15 is 0 Å². The largest absolute Gasteiger partial charge is 0.455 e. The number of carbonyl (C=O) groups is 1. The molecule has 0 spiro atoms. The van der Waals surface area contributed by atoms with E-state index in [9.17, 15) is 9.18 Å². The Labute approximate surface area is 111 Å². The van der Waals surface area contributed by atoms with Gasteiger partial charge in [0.1, 0.15) is 23.9 Å². The van der Waals surface area contributed by atoms with Gasteiger partial charge in [-0.05, 0) is 25.1 Å². The van der Waals surface area contributed by atoms with E-state index < -0.39 is 11.8 Å². The van der Waals surface area contributed by atoms with E-state index in [1.165, 1.54) is 12.1 Å². The Bertz CT molecular complexity index is 582. The van der Waals surface area contributed by atoms with Crippen molar-refractivity contribution in [2.75, 3.05) is 0 Å². The second-order valence-electron chi connectivity index (χ2n) is 3.63. The molecule has 0 N–H and O–H groups in total. The number of benzene rings is 1. The molecule has 0 aliphatic carbocycles. The summed E-state index contributed by atoms with van der Waals surface area (Å²) >= 11 is 3.11. The molecule has 2 rings (SSSR count). The van der Waals surface area contributed by atoms with Gasteiger partial charge in [0.25, 0.3) is 0 Å². The summed E-state index contributed by atoms with van der Waals surface area (Å²) < 4.78 is 23.8. The number of rotatable bonds is 3. The smallest absolute Gasteiger partial charge is 0.341 e. The summed E-state index contributed by atoms with van der Waals surface area (Å²) in [5.41, 5.74) is 0.372. The number of aromatic nitrogens is 1. The van der Waals surface area contributed by atoms with Crippen LogP contribution in [0.4, 0.5) is 4.39 Å². The zero-order valence-electron chi connectivity index (χ0n) is 9.44. The monoisotopic (exact) mass is 313 g/mol. The number of esters is 1. The van der Waals surface area contributed by atoms with Gasteiger partial charge in [0, 0.05) is 10.5 Å². The average Bonchev–Trinajstić information content (AvgIpc) is 2.72. The minimum absolute atomic E-state index is 0.0499. The number of nitrogens with zero attached hydrogens (tertiary/aromatic N) is 1. The molecule has 1 aromatic heterocycles. The number of hydrogen-bond acceptors (Lipinski definition) is 4. The van der Waals surface area contributed by atoms with Crippen LogP contribution in [0, 0.1) is 12.7 Å². The molecular weight excluding hydrogens is 305 g/mol. The van der Waals surface area contributed by atoms with Gasteiger partial charge >= 0.3 is 5.97 Å². The van der Waals surface area contributed by atoms with Crippen LogP contribution in [0.5, 0.6) is 0 Å². The van der Waals surface area contributed by atoms with Gasteiger partial charge in [-0.1, -0.05) is 21.1 Å². The number of ether oxygens (including phenoxy) is 1. The van der Waals surface area contributed by atoms with Gasteiger partial charge in [-0.3, -0.25) is 0 Å². The fraction of sp³-hybridized carbons (Fsp3) is 0.167. The third-order valence-electron chi connectivity index (χ3n) is 2.18. The Kier molecular flexibility index (Phi) is 3.76. The molecule has 0 aliphatic heterocycles. The summed E-state index contributed by atoms with van der Waals surface area (Å²) in [6.45, 7) is 1.68. The van der Waals surface area contributed by atoms with E-state index in [1.807, 2.05) is 0 Å². The molecular formula is C12H9BrFNO3. The van der Waals surface area contributed by atoms with Crippen molar-refractivity contribution in [1.29, 1.82) is 0 Å². The molecule has 4 nitrogen and oxygen atoms in total. The standard InChI is InChI=1S/C12H9BrFNO3/c1-7-4-9(15-18-7)6-17-12(16)10-3-2-8(13)5-11(10)14/h2-5H,6H2,1H3. The van der Waals surface area contributed by atoms with E-state index in [0.717, 1.165) is 0 Å². The molecule has 6 heteroatoms. The Morgan fingerprint density at radius 1 is 1.50 bits per heavy atom. The molecule has 0 unspecified atom stereocenters. The highest BCUT2D eigenvalue weighted by molar-refractivity contribution is 9.10. The SMILES string of the molecule is Cc1cc(COC(=O)c2ccc(Br)cc2F)no1. The van der Waals surface area contributed by atoms with Gasteiger partial charge in [0.15, 0.2) is 0 Å². The van der Waals surface area contributed by atoms with Gasteiger partial charge in [-0.2, -0.15) is 0 Å². The maximum Gasteiger partial charge on any atom is 0.341 e. The van der Waals surface area contributed by atoms with Crippen molar-refractivity contribution < 1.29 is 18.4 Å². The van der Waals surface area contributed by atoms with Crippen LogP contribution >= 0.6 is 15.9 Å². The normalized spacial score (nSPS) is 10.4. The Balaban J connectivity index is 2.03. The summed E-state index contributed by atoms with van der Waals surface area (Å²) in [6.07, 6.45) is 0. The zero-order valence-corrected chi connectivity index (χ0v) is 11.0. The Morgan fingerprint density at radius 2 is 2.28 bits per heavy atom. The van der Waals surface area contributed by atoms with Gasteiger partial charge in [-0.15, -0.1) is 0 Å². The van der Waals surface area contributed by atoms with Crippen molar-refractivity contribution >= 4 is 21.9 Å². The molecule has 0 saturated heterocycles. The zero-order chi connectivity index (χ0) is 13.1. The fourth-order valence-electron chi connectivity index (χ4n) is 1.36. The van der Waals surface area contributed by atoms with Gasteiger partial charge in [0.2, 0.25) is 0 Å². The van der Waals surface area contributed by atoms with Crippen LogP contribution in [-0.2, 0) is 11.3 Å². The molecule has 1 aromatic carbocycles. The molecule has 0 aliphatic rings. The van der Waals surface area contributed by atoms with Crippen LogP contribution in [0.25, 0.3) is 0 Å². The summed E-state index contributed by atoms with van der Waals surface area (Å²) in [6, 6.07) is 5.78. The van der Waals surface area contributed by atoms with Crippen molar-refractivity contribution in [3.63, 3.8) is 0 Å². The summed E-state index contributed by atoms with van der Waals surface area (Å²) in [5.74, 6) is -0.748. The maximum absolute atomic E-state index is 13.5. The third kappa shape index (κ3) is 2.95. The van der Waals surface area contributed by atoms with E-state index in [1.54, 1.807) is 19.1 Å². The van der Waals surface area contributed by atoms with E-state index in [4.69, 9.17) is 9.26 Å². The highest BCUT2D eigenvalue weighted by Crippen LogP contribution is 2.16. The molecule has 0 atom stereocenters. The van der Waals surface area contributed by atoms with Crippen LogP contribution in [-0.4, -0.2) is 11.1 Å². The van der Waals surface area contributed by atoms with Crippen molar-refractivity contribution in [1.82, 2.24) is 5.16 Å². The summed E-state index contributed by atoms with van der Waals surface area (Å²) in [5, 5.41) is 3.66. The van der Waals surface area contributed by atoms with Gasteiger partial charge in [0.05, 0.1) is 5.56 Å². The number of aryl methyl sites for hydroxylation is 1. The number of hydrogen-bond donors (Lipinski definition) is 0. The topological polar surface area (TPSA) is 52.3 Å². The van der Waals surface area contributed by atoms with Crippen LogP contribution in [0.2, 0.25) is 0 Å². The van der Waals surface area contributed by atoms with Gasteiger partial charge < -0.3 is 9.26 Å². The molecule has 0 saturated carbocycles. The minimum atomic E-state index is -0.736. The van der Waals surface area contributed by atoms with Crippen LogP contribution < -0.4 is 0 Å². The molecule has 94 valence electrons. The van der Waals surface area contributed by atoms with Crippen molar-refractivity contribution in [3.8, 4) is 0 Å². The second-order valence-corrected chi connectivity index (χ2v) is 4.54. The third-order valence-corrected chi connectivity index (χ3v) is 2.67. The fourth-order valence-corrected chi connectivity index (χ4v) is 1.69. The highest BCUT2D eigenvalue weighted by Gasteiger charge is 2.14. The molecule has 18 heavy (non-hydrogen) atoms. The summed E-state index contributed by atoms with van der Waals surface area (Å²) in [4.78, 5) is 11.6. The summed E-state index contributed by atoms with van der Waals surface area (Å²) in [7, 11) is 0. The molecule has 0 radical (unpaired) electrons. The first-order valence-electron chi connectivity index (χ1n) is 5.10. The predicted molar refractivity (Wildman–Crippen MR) is 64.5 cm³/mol. The second kappa shape index (κ2) is 5.30. The highest BCUT2D eigenvalue weighted by atomic mass is 79.9. The van der Waals surface area contributed by atoms with Crippen molar-refractivity contribution in [3.05, 3.63) is 51.6 Å². The molecule has 0 amide bonds. The van der Waals surface area contributed by atoms with E-state index in [-0.39, 0.29) is 12.2 Å². The van der Waals surface area contributed by atoms with E-state index in [0.29, 0.717) is 15.9 Å². The molecule has 0 bridgehead atoms. The van der Waals surface area contributed by atoms with Crippen LogP contribution in [0.15, 0.2) is 33.3 Å². The Hall–Kier alpha value is -1.69. The van der Waals surface area contributed by atoms with Crippen LogP contribution in [0.3, 0.4) is 0 Å². The van der Waals surface area contributed by atoms with Crippen LogP contribution in [0.1, 0.15) is 21.8 Å². The average molecular weight is 314 g/mol. The van der Waals surface area contributed by atoms with Crippen molar-refractivity contribution in [2.24, 2.45) is 0 Å². The minimum Gasteiger partial charge on any atom is -0.455 e. The quantitative estimate of drug-likeness (QED) is 0.816. The number of carbonyl (C=O) groups excluding carboxylic acids is 1. The lowest BCUT2D eigenvalue weighted by atomic mass is 10.2. The molecule has 2 aromatic rings. The van der Waals surface area contributed by atoms with E-state index in [2.05, 4.69) is 21.1 Å². The lowest BCUT2D eigenvalue weighted by molar-refractivity contribution is 0.0459. The van der Waals surface area contributed by atoms with Crippen molar-refractivity contribution in [2.45, 2.75) is 13.5 Å². The maximum atomic E-state index is 13.5. The first-order valence-corrected chi connectivity index (χ1v) is 5.90. The predicted octanol–water partition coefficient (Wildman–Crippen LogP) is 3.24. The first kappa shape index (κ1) is 12.8. The number of halogens is 2. The lowest BCUT2D eigenvalue weighted by Gasteiger charge is -2.03. The lowest BCUT2D eigenvalue weighted by Crippen LogP contribution is -2.07. The molecule has 1 heterocycles. The first-order chi connectivity index (χ1) is 8.56. The molecule has 0 fully saturated rings.